The predicted molar refractivity (Wildman–Crippen MR) is 76.5 cm³/mol. The molecular weight excluding hydrogens is 272 g/mol. The van der Waals surface area contributed by atoms with Gasteiger partial charge in [0, 0.05) is 12.1 Å². The van der Waals surface area contributed by atoms with E-state index in [0.29, 0.717) is 11.6 Å². The number of carbonyl (C=O) groups is 1. The van der Waals surface area contributed by atoms with Crippen molar-refractivity contribution in [3.8, 4) is 5.82 Å². The monoisotopic (exact) mass is 290 g/mol. The Balaban J connectivity index is 2.41. The van der Waals surface area contributed by atoms with Crippen LogP contribution < -0.4 is 5.32 Å². The predicted octanol–water partition coefficient (Wildman–Crippen LogP) is 1.28. The lowest BCUT2D eigenvalue weighted by Crippen LogP contribution is -2.11. The maximum atomic E-state index is 11.4. The number of aryl methyl sites for hydroxylation is 1. The van der Waals surface area contributed by atoms with Crippen molar-refractivity contribution < 1.29 is 9.53 Å². The quantitative estimate of drug-likeness (QED) is 0.829. The van der Waals surface area contributed by atoms with Gasteiger partial charge in [-0.25, -0.2) is 24.4 Å². The number of anilines is 1. The van der Waals surface area contributed by atoms with Crippen molar-refractivity contribution in [2.75, 3.05) is 19.0 Å². The van der Waals surface area contributed by atoms with Crippen LogP contribution in [0.15, 0.2) is 6.33 Å². The summed E-state index contributed by atoms with van der Waals surface area (Å²) in [5.74, 6) is 1.38. The molecule has 0 bridgehead atoms. The number of hydrogen-bond donors (Lipinski definition) is 1. The molecule has 8 heteroatoms. The topological polar surface area (TPSA) is 94.8 Å². The number of carbonyl (C=O) groups excluding carboxylic acids is 1. The molecule has 1 N–H and O–H groups in total. The first-order valence-corrected chi connectivity index (χ1v) is 6.66. The van der Waals surface area contributed by atoms with E-state index in [0.717, 1.165) is 24.3 Å². The first kappa shape index (κ1) is 14.9. The van der Waals surface area contributed by atoms with Crippen molar-refractivity contribution in [3.63, 3.8) is 0 Å². The van der Waals surface area contributed by atoms with Crippen LogP contribution in [0.25, 0.3) is 5.82 Å². The van der Waals surface area contributed by atoms with Crippen molar-refractivity contribution in [3.05, 3.63) is 23.5 Å². The van der Waals surface area contributed by atoms with Crippen LogP contribution in [0.2, 0.25) is 0 Å². The van der Waals surface area contributed by atoms with Gasteiger partial charge in [0.15, 0.2) is 5.82 Å². The molecule has 2 aromatic heterocycles. The summed E-state index contributed by atoms with van der Waals surface area (Å²) in [6, 6.07) is 0. The number of nitrogens with zero attached hydrogens (tertiary/aromatic N) is 5. The number of hydrogen-bond acceptors (Lipinski definition) is 7. The van der Waals surface area contributed by atoms with Crippen LogP contribution >= 0.6 is 0 Å². The molecule has 0 saturated carbocycles. The summed E-state index contributed by atoms with van der Waals surface area (Å²) in [6.07, 6.45) is 2.43. The first-order valence-electron chi connectivity index (χ1n) is 6.66. The van der Waals surface area contributed by atoms with E-state index >= 15 is 0 Å². The number of methoxy groups -OCH3 is 1. The highest BCUT2D eigenvalue weighted by Crippen LogP contribution is 2.18. The van der Waals surface area contributed by atoms with Crippen LogP contribution in [0.1, 0.15) is 35.4 Å². The normalized spacial score (nSPS) is 10.5. The molecule has 0 spiro atoms. The van der Waals surface area contributed by atoms with Crippen molar-refractivity contribution in [1.82, 2.24) is 24.7 Å². The average Bonchev–Trinajstić information content (AvgIpc) is 2.96. The summed E-state index contributed by atoms with van der Waals surface area (Å²) >= 11 is 0. The Morgan fingerprint density at radius 1 is 1.38 bits per heavy atom. The van der Waals surface area contributed by atoms with Crippen LogP contribution in [0, 0.1) is 13.8 Å². The fourth-order valence-electron chi connectivity index (χ4n) is 1.80. The molecule has 2 aromatic rings. The van der Waals surface area contributed by atoms with Gasteiger partial charge in [-0.1, -0.05) is 6.92 Å². The minimum absolute atomic E-state index is 0.00349. The van der Waals surface area contributed by atoms with Crippen LogP contribution in [0.5, 0.6) is 0 Å². The molecule has 0 unspecified atom stereocenters. The lowest BCUT2D eigenvalue weighted by atomic mass is 10.3. The molecular formula is C13H18N6O2. The first-order chi connectivity index (χ1) is 10.1. The van der Waals surface area contributed by atoms with Crippen LogP contribution in [-0.2, 0) is 4.74 Å². The maximum absolute atomic E-state index is 11.4. The Morgan fingerprint density at radius 2 is 2.14 bits per heavy atom. The fourth-order valence-corrected chi connectivity index (χ4v) is 1.80. The summed E-state index contributed by atoms with van der Waals surface area (Å²) in [6.45, 7) is 6.60. The van der Waals surface area contributed by atoms with Gasteiger partial charge in [0.05, 0.1) is 7.11 Å². The molecule has 0 fully saturated rings. The largest absolute Gasteiger partial charge is 0.463 e. The van der Waals surface area contributed by atoms with E-state index in [9.17, 15) is 4.79 Å². The molecule has 0 aliphatic rings. The molecule has 0 saturated heterocycles. The molecule has 112 valence electrons. The third-order valence-corrected chi connectivity index (χ3v) is 2.85. The summed E-state index contributed by atoms with van der Waals surface area (Å²) in [7, 11) is 1.29. The molecule has 0 atom stereocenters. The van der Waals surface area contributed by atoms with E-state index < -0.39 is 5.97 Å². The smallest absolute Gasteiger partial charge is 0.377 e. The van der Waals surface area contributed by atoms with Gasteiger partial charge in [0.2, 0.25) is 0 Å². The number of aromatic nitrogens is 5. The van der Waals surface area contributed by atoms with Gasteiger partial charge in [0.1, 0.15) is 18.0 Å². The van der Waals surface area contributed by atoms with Gasteiger partial charge in [-0.3, -0.25) is 0 Å². The van der Waals surface area contributed by atoms with Gasteiger partial charge >= 0.3 is 5.97 Å². The summed E-state index contributed by atoms with van der Waals surface area (Å²) in [4.78, 5) is 24.1. The zero-order chi connectivity index (χ0) is 15.4. The molecule has 0 amide bonds. The molecule has 8 nitrogen and oxygen atoms in total. The zero-order valence-corrected chi connectivity index (χ0v) is 12.5. The Hall–Kier alpha value is -2.51. The minimum atomic E-state index is -0.582. The van der Waals surface area contributed by atoms with Crippen molar-refractivity contribution >= 4 is 11.8 Å². The van der Waals surface area contributed by atoms with Gasteiger partial charge in [-0.05, 0) is 20.3 Å². The van der Waals surface area contributed by atoms with Gasteiger partial charge < -0.3 is 10.1 Å². The third-order valence-electron chi connectivity index (χ3n) is 2.85. The molecule has 0 aliphatic carbocycles. The second kappa shape index (κ2) is 6.29. The molecule has 2 heterocycles. The average molecular weight is 290 g/mol. The Kier molecular flexibility index (Phi) is 4.46. The summed E-state index contributed by atoms with van der Waals surface area (Å²) in [5, 5.41) is 7.34. The number of ether oxygens (including phenoxy) is 1. The van der Waals surface area contributed by atoms with E-state index in [4.69, 9.17) is 0 Å². The van der Waals surface area contributed by atoms with Gasteiger partial charge in [0.25, 0.3) is 5.82 Å². The van der Waals surface area contributed by atoms with E-state index in [1.54, 1.807) is 6.92 Å². The molecule has 0 radical (unpaired) electrons. The van der Waals surface area contributed by atoms with Crippen LogP contribution in [-0.4, -0.2) is 44.4 Å². The van der Waals surface area contributed by atoms with Crippen LogP contribution in [0.3, 0.4) is 0 Å². The highest BCUT2D eigenvalue weighted by Gasteiger charge is 2.16. The van der Waals surface area contributed by atoms with E-state index in [1.165, 1.54) is 18.1 Å². The Morgan fingerprint density at radius 3 is 2.81 bits per heavy atom. The SMILES string of the molecule is CCCNc1nc(C)nc(-n2cnc(C(=O)OC)n2)c1C. The molecule has 0 aliphatic heterocycles. The second-order valence-electron chi connectivity index (χ2n) is 4.50. The molecule has 0 aromatic carbocycles. The highest BCUT2D eigenvalue weighted by atomic mass is 16.5. The lowest BCUT2D eigenvalue weighted by Gasteiger charge is -2.11. The minimum Gasteiger partial charge on any atom is -0.463 e. The number of esters is 1. The highest BCUT2D eigenvalue weighted by molar-refractivity contribution is 5.84. The summed E-state index contributed by atoms with van der Waals surface area (Å²) in [5.41, 5.74) is 0.843. The van der Waals surface area contributed by atoms with Crippen molar-refractivity contribution in [2.45, 2.75) is 27.2 Å². The second-order valence-corrected chi connectivity index (χ2v) is 4.50. The fraction of sp³-hybridized carbons (Fsp3) is 0.462. The van der Waals surface area contributed by atoms with Crippen molar-refractivity contribution in [1.29, 1.82) is 0 Å². The molecule has 2 rings (SSSR count). The Bertz CT molecular complexity index is 652. The maximum Gasteiger partial charge on any atom is 0.377 e. The summed E-state index contributed by atoms with van der Waals surface area (Å²) < 4.78 is 6.05. The third kappa shape index (κ3) is 3.15. The van der Waals surface area contributed by atoms with Gasteiger partial charge in [-0.15, -0.1) is 5.10 Å². The van der Waals surface area contributed by atoms with Gasteiger partial charge in [-0.2, -0.15) is 0 Å². The lowest BCUT2D eigenvalue weighted by molar-refractivity contribution is 0.0587. The number of nitrogens with one attached hydrogen (secondary N) is 1. The zero-order valence-electron chi connectivity index (χ0n) is 12.5. The Labute approximate surface area is 122 Å². The van der Waals surface area contributed by atoms with Crippen LogP contribution in [0.4, 0.5) is 5.82 Å². The van der Waals surface area contributed by atoms with E-state index in [2.05, 4.69) is 37.0 Å². The molecule has 21 heavy (non-hydrogen) atoms. The standard InChI is InChI=1S/C13H18N6O2/c1-5-6-14-10-8(2)12(17-9(3)16-10)19-7-15-11(18-19)13(20)21-4/h7H,5-6H2,1-4H3,(H,14,16,17). The number of rotatable bonds is 5. The van der Waals surface area contributed by atoms with E-state index in [-0.39, 0.29) is 5.82 Å². The van der Waals surface area contributed by atoms with E-state index in [1.807, 2.05) is 6.92 Å². The van der Waals surface area contributed by atoms with Crippen molar-refractivity contribution in [2.24, 2.45) is 0 Å².